The molecule has 4 aromatic carbocycles. The second-order valence-corrected chi connectivity index (χ2v) is 10.7. The van der Waals surface area contributed by atoms with Crippen molar-refractivity contribution in [3.8, 4) is 34.5 Å². The second-order valence-electron chi connectivity index (χ2n) is 10.7. The van der Waals surface area contributed by atoms with Crippen LogP contribution in [-0.2, 0) is 6.42 Å². The van der Waals surface area contributed by atoms with Crippen LogP contribution < -0.4 is 9.47 Å². The van der Waals surface area contributed by atoms with Crippen molar-refractivity contribution in [2.45, 2.75) is 43.8 Å². The summed E-state index contributed by atoms with van der Waals surface area (Å²) >= 11 is 0. The number of ether oxygens (including phenoxy) is 2. The van der Waals surface area contributed by atoms with E-state index in [2.05, 4.69) is 0 Å². The lowest BCUT2D eigenvalue weighted by atomic mass is 9.81. The number of phenolic OH excluding ortho intramolecular Hbond substituents is 4. The number of allylic oxidation sites excluding steroid dienone is 1. The zero-order valence-electron chi connectivity index (χ0n) is 23.7. The number of carbonyl (C=O) groups excluding carboxylic acids is 1. The monoisotopic (exact) mass is 582 g/mol. The van der Waals surface area contributed by atoms with E-state index in [1.165, 1.54) is 31.4 Å². The number of aliphatic hydroxyl groups excluding tert-OH is 1. The molecule has 3 atom stereocenters. The first kappa shape index (κ1) is 29.5. The average Bonchev–Trinajstić information content (AvgIpc) is 3.00. The lowest BCUT2D eigenvalue weighted by Gasteiger charge is -2.35. The molecule has 8 nitrogen and oxygen atoms in total. The first-order valence-corrected chi connectivity index (χ1v) is 14.1. The number of aliphatic hydroxyl groups is 1. The molecule has 0 saturated carbocycles. The molecule has 0 aromatic heterocycles. The number of ketones is 1. The summed E-state index contributed by atoms with van der Waals surface area (Å²) in [5.74, 6) is -0.122. The molecule has 5 N–H and O–H groups in total. The quantitative estimate of drug-likeness (QED) is 0.107. The number of benzene rings is 4. The zero-order valence-corrected chi connectivity index (χ0v) is 23.7. The molecule has 222 valence electrons. The van der Waals surface area contributed by atoms with E-state index in [1.807, 2.05) is 12.1 Å². The standard InChI is InChI=1S/C35H34O8/c1-42-32-20-30(41)33-24(18-28(39)14-6-21-2-10-25(36)11-3-21)19-31(23-8-15-27(38)16-9-23)43-35(33)34(32)29(40)17-7-22-4-12-26(37)13-5-22/h2-5,7-13,15-17,20,24,28,31,36-39,41H,6,14,18-19H2,1H3/b17-7+/t24-,28-,31-/m0/s1. The van der Waals surface area contributed by atoms with Crippen molar-refractivity contribution in [1.82, 2.24) is 0 Å². The van der Waals surface area contributed by atoms with Crippen LogP contribution in [0.5, 0.6) is 34.5 Å². The average molecular weight is 583 g/mol. The fourth-order valence-electron chi connectivity index (χ4n) is 5.50. The van der Waals surface area contributed by atoms with Gasteiger partial charge < -0.3 is 35.0 Å². The first-order valence-electron chi connectivity index (χ1n) is 14.1. The van der Waals surface area contributed by atoms with Crippen molar-refractivity contribution in [3.05, 3.63) is 113 Å². The Morgan fingerprint density at radius 3 is 2.16 bits per heavy atom. The molecule has 1 aliphatic heterocycles. The molecule has 0 fully saturated rings. The SMILES string of the molecule is COc1cc(O)c2c(c1C(=O)/C=C/c1ccc(O)cc1)O[C@H](c1ccc(O)cc1)C[C@@H]2C[C@@H](O)CCc1ccc(O)cc1. The maximum Gasteiger partial charge on any atom is 0.193 e. The summed E-state index contributed by atoms with van der Waals surface area (Å²) in [6, 6.07) is 21.3. The summed E-state index contributed by atoms with van der Waals surface area (Å²) in [7, 11) is 1.41. The molecule has 8 heteroatoms. The molecule has 5 rings (SSSR count). The third-order valence-corrected chi connectivity index (χ3v) is 7.74. The molecular weight excluding hydrogens is 548 g/mol. The Labute approximate surface area is 249 Å². The Morgan fingerprint density at radius 1 is 0.930 bits per heavy atom. The van der Waals surface area contributed by atoms with E-state index in [0.717, 1.165) is 11.1 Å². The molecule has 4 aromatic rings. The van der Waals surface area contributed by atoms with E-state index in [4.69, 9.17) is 9.47 Å². The molecule has 0 spiro atoms. The van der Waals surface area contributed by atoms with E-state index < -0.39 is 18.0 Å². The fourth-order valence-corrected chi connectivity index (χ4v) is 5.50. The summed E-state index contributed by atoms with van der Waals surface area (Å²) in [5, 5.41) is 51.2. The van der Waals surface area contributed by atoms with Crippen LogP contribution in [0.1, 0.15) is 63.9 Å². The lowest BCUT2D eigenvalue weighted by Crippen LogP contribution is -2.24. The van der Waals surface area contributed by atoms with Crippen molar-refractivity contribution < 1.29 is 39.8 Å². The van der Waals surface area contributed by atoms with Crippen molar-refractivity contribution in [2.75, 3.05) is 7.11 Å². The van der Waals surface area contributed by atoms with Gasteiger partial charge in [-0.1, -0.05) is 42.5 Å². The van der Waals surface area contributed by atoms with Crippen LogP contribution >= 0.6 is 0 Å². The van der Waals surface area contributed by atoms with E-state index in [-0.39, 0.29) is 46.0 Å². The summed E-state index contributed by atoms with van der Waals surface area (Å²) in [5.41, 5.74) is 3.04. The van der Waals surface area contributed by atoms with E-state index in [1.54, 1.807) is 54.6 Å². The maximum atomic E-state index is 13.7. The minimum Gasteiger partial charge on any atom is -0.508 e. The Morgan fingerprint density at radius 2 is 1.53 bits per heavy atom. The highest BCUT2D eigenvalue weighted by atomic mass is 16.5. The number of hydrogen-bond donors (Lipinski definition) is 5. The van der Waals surface area contributed by atoms with Gasteiger partial charge in [-0.15, -0.1) is 0 Å². The Hall–Kier alpha value is -4.95. The minimum atomic E-state index is -0.722. The van der Waals surface area contributed by atoms with Gasteiger partial charge >= 0.3 is 0 Å². The Bertz CT molecular complexity index is 1590. The summed E-state index contributed by atoms with van der Waals surface area (Å²) in [6.07, 6.45) is 3.53. The van der Waals surface area contributed by atoms with Crippen molar-refractivity contribution in [2.24, 2.45) is 0 Å². The van der Waals surface area contributed by atoms with Gasteiger partial charge in [0.15, 0.2) is 5.78 Å². The third-order valence-electron chi connectivity index (χ3n) is 7.74. The van der Waals surface area contributed by atoms with Gasteiger partial charge in [-0.3, -0.25) is 4.79 Å². The number of rotatable bonds is 10. The number of carbonyl (C=O) groups is 1. The van der Waals surface area contributed by atoms with Crippen LogP contribution in [0.4, 0.5) is 0 Å². The van der Waals surface area contributed by atoms with Gasteiger partial charge in [0, 0.05) is 11.6 Å². The van der Waals surface area contributed by atoms with Crippen molar-refractivity contribution in [1.29, 1.82) is 0 Å². The van der Waals surface area contributed by atoms with Gasteiger partial charge in [-0.05, 0) is 90.8 Å². The van der Waals surface area contributed by atoms with Gasteiger partial charge in [0.2, 0.25) is 0 Å². The molecule has 0 aliphatic carbocycles. The van der Waals surface area contributed by atoms with Crippen molar-refractivity contribution >= 4 is 11.9 Å². The molecule has 1 aliphatic rings. The smallest absolute Gasteiger partial charge is 0.193 e. The lowest BCUT2D eigenvalue weighted by molar-refractivity contribution is 0.100. The predicted molar refractivity (Wildman–Crippen MR) is 162 cm³/mol. The van der Waals surface area contributed by atoms with E-state index >= 15 is 0 Å². The predicted octanol–water partition coefficient (Wildman–Crippen LogP) is 6.40. The minimum absolute atomic E-state index is 0.0918. The van der Waals surface area contributed by atoms with Gasteiger partial charge in [0.05, 0.1) is 13.2 Å². The molecule has 0 saturated heterocycles. The summed E-state index contributed by atoms with van der Waals surface area (Å²) < 4.78 is 12.0. The highest BCUT2D eigenvalue weighted by molar-refractivity contribution is 6.11. The molecular formula is C35H34O8. The van der Waals surface area contributed by atoms with Crippen LogP contribution in [0.3, 0.4) is 0 Å². The van der Waals surface area contributed by atoms with Crippen molar-refractivity contribution in [3.63, 3.8) is 0 Å². The summed E-state index contributed by atoms with van der Waals surface area (Å²) in [4.78, 5) is 13.7. The topological polar surface area (TPSA) is 137 Å². The van der Waals surface area contributed by atoms with Crippen LogP contribution in [0.15, 0.2) is 84.9 Å². The van der Waals surface area contributed by atoms with E-state index in [9.17, 15) is 30.3 Å². The fraction of sp³-hybridized carbons (Fsp3) is 0.229. The highest BCUT2D eigenvalue weighted by Crippen LogP contribution is 2.52. The van der Waals surface area contributed by atoms with Gasteiger partial charge in [-0.2, -0.15) is 0 Å². The number of methoxy groups -OCH3 is 1. The Kier molecular flexibility index (Phi) is 8.87. The first-order chi connectivity index (χ1) is 20.7. The number of aromatic hydroxyl groups is 4. The molecule has 0 radical (unpaired) electrons. The second kappa shape index (κ2) is 12.9. The van der Waals surface area contributed by atoms with Gasteiger partial charge in [0.25, 0.3) is 0 Å². The normalized spacial score (nSPS) is 16.8. The molecule has 0 amide bonds. The van der Waals surface area contributed by atoms with Gasteiger partial charge in [0.1, 0.15) is 46.2 Å². The molecule has 43 heavy (non-hydrogen) atoms. The molecule has 0 bridgehead atoms. The van der Waals surface area contributed by atoms with Crippen LogP contribution in [0, 0.1) is 0 Å². The maximum absolute atomic E-state index is 13.7. The number of fused-ring (bicyclic) bond motifs is 1. The number of aryl methyl sites for hydroxylation is 1. The molecule has 1 heterocycles. The number of phenols is 4. The van der Waals surface area contributed by atoms with Crippen LogP contribution in [0.25, 0.3) is 6.08 Å². The summed E-state index contributed by atoms with van der Waals surface area (Å²) in [6.45, 7) is 0. The molecule has 0 unspecified atom stereocenters. The third kappa shape index (κ3) is 6.93. The van der Waals surface area contributed by atoms with Crippen LogP contribution in [-0.4, -0.2) is 44.5 Å². The Balaban J connectivity index is 1.50. The zero-order chi connectivity index (χ0) is 30.5. The highest BCUT2D eigenvalue weighted by Gasteiger charge is 2.37. The van der Waals surface area contributed by atoms with E-state index in [0.29, 0.717) is 36.8 Å². The number of hydrogen-bond acceptors (Lipinski definition) is 8. The van der Waals surface area contributed by atoms with Gasteiger partial charge in [-0.25, -0.2) is 0 Å². The largest absolute Gasteiger partial charge is 0.508 e. The van der Waals surface area contributed by atoms with Crippen LogP contribution in [0.2, 0.25) is 0 Å².